The minimum Gasteiger partial charge on any atom is -0.493 e. The van der Waals surface area contributed by atoms with E-state index in [9.17, 15) is 32.7 Å². The maximum Gasteiger partial charge on any atom is 0.406 e. The molecule has 0 spiro atoms. The Morgan fingerprint density at radius 3 is 2.69 bits per heavy atom. The first-order chi connectivity index (χ1) is 18.4. The van der Waals surface area contributed by atoms with E-state index in [0.29, 0.717) is 28.2 Å². The molecule has 0 saturated heterocycles. The number of aromatic nitrogens is 2. The summed E-state index contributed by atoms with van der Waals surface area (Å²) in [6.45, 7) is 0.394. The number of hydrogen-bond donors (Lipinski definition) is 2. The number of ether oxygens (including phenoxy) is 1. The van der Waals surface area contributed by atoms with Crippen molar-refractivity contribution in [1.29, 1.82) is 0 Å². The summed E-state index contributed by atoms with van der Waals surface area (Å²) in [7, 11) is 2.96. The van der Waals surface area contributed by atoms with Crippen LogP contribution in [0.2, 0.25) is 0 Å². The topological polar surface area (TPSA) is 117 Å². The van der Waals surface area contributed by atoms with Crippen molar-refractivity contribution in [2.45, 2.75) is 50.9 Å². The molecule has 2 unspecified atom stereocenters. The van der Waals surface area contributed by atoms with Gasteiger partial charge in [0.15, 0.2) is 0 Å². The van der Waals surface area contributed by atoms with Gasteiger partial charge in [-0.15, -0.1) is 0 Å². The van der Waals surface area contributed by atoms with Gasteiger partial charge in [-0.25, -0.2) is 4.98 Å². The number of anilines is 1. The van der Waals surface area contributed by atoms with Gasteiger partial charge >= 0.3 is 12.1 Å². The van der Waals surface area contributed by atoms with Crippen LogP contribution < -0.4 is 10.1 Å². The van der Waals surface area contributed by atoms with Gasteiger partial charge in [0.1, 0.15) is 12.3 Å². The number of amides is 2. The minimum atomic E-state index is -4.75. The highest BCUT2D eigenvalue weighted by Gasteiger charge is 2.43. The second-order valence-corrected chi connectivity index (χ2v) is 10.1. The fourth-order valence-corrected chi connectivity index (χ4v) is 5.01. The second kappa shape index (κ2) is 11.5. The van der Waals surface area contributed by atoms with Crippen molar-refractivity contribution in [3.05, 3.63) is 41.2 Å². The standard InChI is InChI=1S/C26H32F3N5O5/c1-32(2)22(35)13-21-20-12-19(39-9-6-18-14-33-8-3-7-30-25(33)31-18)5-4-16(20)10-17(11-23(36)37)24(38)34(21)15-26(27,28)29/h4-5,12,14,17,21H,3,6-11,13,15H2,1-2H3,(H,30,31)(H,36,37). The number of aryl methyl sites for hydroxylation is 1. The van der Waals surface area contributed by atoms with E-state index in [0.717, 1.165) is 31.2 Å². The van der Waals surface area contributed by atoms with E-state index in [1.807, 2.05) is 10.8 Å². The largest absolute Gasteiger partial charge is 0.493 e. The summed E-state index contributed by atoms with van der Waals surface area (Å²) in [5.74, 6) is -2.72. The molecule has 1 aromatic carbocycles. The quantitative estimate of drug-likeness (QED) is 0.492. The maximum atomic E-state index is 13.6. The van der Waals surface area contributed by atoms with Crippen molar-refractivity contribution in [3.63, 3.8) is 0 Å². The number of imidazole rings is 1. The molecule has 0 aliphatic carbocycles. The van der Waals surface area contributed by atoms with E-state index in [2.05, 4.69) is 10.3 Å². The molecule has 0 saturated carbocycles. The van der Waals surface area contributed by atoms with Crippen LogP contribution in [0.4, 0.5) is 19.1 Å². The van der Waals surface area contributed by atoms with E-state index in [4.69, 9.17) is 4.74 Å². The molecule has 2 aromatic rings. The van der Waals surface area contributed by atoms with Gasteiger partial charge in [0.05, 0.1) is 37.1 Å². The molecule has 2 N–H and O–H groups in total. The summed E-state index contributed by atoms with van der Waals surface area (Å²) in [6.07, 6.45) is -2.36. The average Bonchev–Trinajstić information content (AvgIpc) is 3.24. The summed E-state index contributed by atoms with van der Waals surface area (Å²) in [5.41, 5.74) is 1.69. The van der Waals surface area contributed by atoms with Crippen molar-refractivity contribution in [2.75, 3.05) is 39.1 Å². The Morgan fingerprint density at radius 1 is 1.26 bits per heavy atom. The van der Waals surface area contributed by atoms with Crippen LogP contribution in [-0.4, -0.2) is 82.2 Å². The van der Waals surface area contributed by atoms with Crippen molar-refractivity contribution in [1.82, 2.24) is 19.4 Å². The first kappa shape index (κ1) is 28.2. The zero-order valence-corrected chi connectivity index (χ0v) is 21.8. The van der Waals surface area contributed by atoms with Gasteiger partial charge < -0.3 is 29.5 Å². The number of benzene rings is 1. The van der Waals surface area contributed by atoms with Crippen LogP contribution in [0.3, 0.4) is 0 Å². The van der Waals surface area contributed by atoms with Gasteiger partial charge in [-0.1, -0.05) is 6.07 Å². The van der Waals surface area contributed by atoms with E-state index in [1.54, 1.807) is 18.2 Å². The van der Waals surface area contributed by atoms with Crippen LogP contribution in [0.25, 0.3) is 0 Å². The Balaban J connectivity index is 1.62. The first-order valence-electron chi connectivity index (χ1n) is 12.8. The van der Waals surface area contributed by atoms with Crippen LogP contribution in [0.5, 0.6) is 5.75 Å². The highest BCUT2D eigenvalue weighted by molar-refractivity contribution is 5.86. The molecule has 0 fully saturated rings. The number of hydrogen-bond acceptors (Lipinski definition) is 6. The molecule has 39 heavy (non-hydrogen) atoms. The number of rotatable bonds is 9. The van der Waals surface area contributed by atoms with E-state index in [-0.39, 0.29) is 13.0 Å². The van der Waals surface area contributed by atoms with Crippen molar-refractivity contribution in [3.8, 4) is 5.75 Å². The third-order valence-corrected chi connectivity index (χ3v) is 6.90. The number of carbonyl (C=O) groups excluding carboxylic acids is 2. The summed E-state index contributed by atoms with van der Waals surface area (Å²) in [5, 5.41) is 12.6. The normalized spacial score (nSPS) is 19.0. The number of alkyl halides is 3. The van der Waals surface area contributed by atoms with Crippen molar-refractivity contribution < 1.29 is 37.4 Å². The molecule has 212 valence electrons. The Bertz CT molecular complexity index is 1210. The number of aliphatic carboxylic acids is 1. The van der Waals surface area contributed by atoms with Gasteiger partial charge in [-0.3, -0.25) is 14.4 Å². The van der Waals surface area contributed by atoms with Gasteiger partial charge in [0.25, 0.3) is 0 Å². The molecule has 4 rings (SSSR count). The van der Waals surface area contributed by atoms with Crippen LogP contribution in [-0.2, 0) is 33.8 Å². The number of carboxylic acid groups (broad SMARTS) is 1. The van der Waals surface area contributed by atoms with Gasteiger partial charge in [0, 0.05) is 39.8 Å². The average molecular weight is 552 g/mol. The number of nitrogens with zero attached hydrogens (tertiary/aromatic N) is 4. The molecule has 0 bridgehead atoms. The van der Waals surface area contributed by atoms with E-state index < -0.39 is 55.3 Å². The number of carbonyl (C=O) groups is 3. The summed E-state index contributed by atoms with van der Waals surface area (Å²) < 4.78 is 48.8. The molecule has 1 aromatic heterocycles. The molecule has 2 aliphatic heterocycles. The lowest BCUT2D eigenvalue weighted by Crippen LogP contribution is -2.45. The molecular formula is C26H32F3N5O5. The monoisotopic (exact) mass is 551 g/mol. The lowest BCUT2D eigenvalue weighted by Gasteiger charge is -2.33. The highest BCUT2D eigenvalue weighted by Crippen LogP contribution is 2.39. The number of fused-ring (bicyclic) bond motifs is 2. The van der Waals surface area contributed by atoms with Crippen molar-refractivity contribution >= 4 is 23.7 Å². The Hall–Kier alpha value is -3.77. The third-order valence-electron chi connectivity index (χ3n) is 6.90. The fourth-order valence-electron chi connectivity index (χ4n) is 5.01. The zero-order valence-electron chi connectivity index (χ0n) is 21.8. The predicted octanol–water partition coefficient (Wildman–Crippen LogP) is 2.88. The molecule has 2 atom stereocenters. The molecule has 0 radical (unpaired) electrons. The molecule has 13 heteroatoms. The van der Waals surface area contributed by atoms with Crippen LogP contribution in [0.15, 0.2) is 24.4 Å². The van der Waals surface area contributed by atoms with Crippen molar-refractivity contribution in [2.24, 2.45) is 5.92 Å². The third kappa shape index (κ3) is 7.01. The van der Waals surface area contributed by atoms with Gasteiger partial charge in [0.2, 0.25) is 17.8 Å². The van der Waals surface area contributed by atoms with Crippen LogP contribution in [0.1, 0.15) is 42.1 Å². The Kier molecular flexibility index (Phi) is 8.36. The number of nitrogens with one attached hydrogen (secondary N) is 1. The second-order valence-electron chi connectivity index (χ2n) is 10.1. The summed E-state index contributed by atoms with van der Waals surface area (Å²) in [6, 6.07) is 3.60. The Morgan fingerprint density at radius 2 is 2.03 bits per heavy atom. The maximum absolute atomic E-state index is 13.6. The van der Waals surface area contributed by atoms with Gasteiger partial charge in [-0.05, 0) is 36.1 Å². The molecule has 10 nitrogen and oxygen atoms in total. The van der Waals surface area contributed by atoms with Crippen LogP contribution >= 0.6 is 0 Å². The summed E-state index contributed by atoms with van der Waals surface area (Å²) in [4.78, 5) is 43.8. The minimum absolute atomic E-state index is 0.0605. The SMILES string of the molecule is CN(C)C(=O)CC1c2cc(OCCc3cn4c(n3)NCCC4)ccc2CC(CC(=O)O)C(=O)N1CC(F)(F)F. The molecule has 2 aliphatic rings. The van der Waals surface area contributed by atoms with E-state index in [1.165, 1.54) is 19.0 Å². The number of halogens is 3. The summed E-state index contributed by atoms with van der Waals surface area (Å²) >= 11 is 0. The first-order valence-corrected chi connectivity index (χ1v) is 12.8. The zero-order chi connectivity index (χ0) is 28.3. The lowest BCUT2D eigenvalue weighted by molar-refractivity contribution is -0.170. The lowest BCUT2D eigenvalue weighted by atomic mass is 9.92. The molecule has 2 amide bonds. The number of carboxylic acids is 1. The highest BCUT2D eigenvalue weighted by atomic mass is 19.4. The smallest absolute Gasteiger partial charge is 0.406 e. The van der Waals surface area contributed by atoms with Crippen LogP contribution in [0, 0.1) is 5.92 Å². The van der Waals surface area contributed by atoms with E-state index >= 15 is 0 Å². The molecule has 3 heterocycles. The molecular weight excluding hydrogens is 519 g/mol. The predicted molar refractivity (Wildman–Crippen MR) is 134 cm³/mol. The Labute approximate surface area is 223 Å². The fraction of sp³-hybridized carbons (Fsp3) is 0.538. The van der Waals surface area contributed by atoms with Gasteiger partial charge in [-0.2, -0.15) is 13.2 Å².